The quantitative estimate of drug-likeness (QED) is 0.400. The molecule has 0 amide bonds. The van der Waals surface area contributed by atoms with E-state index in [1.165, 1.54) is 11.1 Å². The Morgan fingerprint density at radius 1 is 1.22 bits per heavy atom. The summed E-state index contributed by atoms with van der Waals surface area (Å²) in [4.78, 5) is 13.7. The van der Waals surface area contributed by atoms with E-state index in [0.717, 1.165) is 45.2 Å². The van der Waals surface area contributed by atoms with Crippen molar-refractivity contribution in [2.24, 2.45) is 4.99 Å². The minimum Gasteiger partial charge on any atom is -0.357 e. The van der Waals surface area contributed by atoms with Gasteiger partial charge in [-0.1, -0.05) is 35.0 Å². The van der Waals surface area contributed by atoms with Crippen LogP contribution in [0.25, 0.3) is 0 Å². The number of hydrogen-bond donors (Lipinski definition) is 1. The van der Waals surface area contributed by atoms with Gasteiger partial charge in [0.25, 0.3) is 0 Å². The van der Waals surface area contributed by atoms with Gasteiger partial charge in [-0.2, -0.15) is 4.98 Å². The zero-order valence-electron chi connectivity index (χ0n) is 16.3. The second-order valence-electron chi connectivity index (χ2n) is 6.65. The molecule has 1 saturated heterocycles. The van der Waals surface area contributed by atoms with Gasteiger partial charge in [0.1, 0.15) is 6.54 Å². The van der Waals surface area contributed by atoms with E-state index in [1.807, 2.05) is 0 Å². The highest BCUT2D eigenvalue weighted by Gasteiger charge is 2.19. The number of aliphatic imine (C=N–C) groups is 1. The number of nitrogens with one attached hydrogen (secondary N) is 1. The Morgan fingerprint density at radius 2 is 2.00 bits per heavy atom. The Bertz CT molecular complexity index is 739. The Morgan fingerprint density at radius 3 is 2.63 bits per heavy atom. The van der Waals surface area contributed by atoms with Gasteiger partial charge in [0.15, 0.2) is 11.8 Å². The molecule has 2 aromatic rings. The lowest BCUT2D eigenvalue weighted by Gasteiger charge is -2.36. The molecule has 7 nitrogen and oxygen atoms in total. The first-order valence-corrected chi connectivity index (χ1v) is 9.24. The van der Waals surface area contributed by atoms with Crippen molar-refractivity contribution in [3.05, 3.63) is 47.1 Å². The van der Waals surface area contributed by atoms with Crippen molar-refractivity contribution in [3.63, 3.8) is 0 Å². The van der Waals surface area contributed by atoms with Gasteiger partial charge in [-0.25, -0.2) is 4.99 Å². The van der Waals surface area contributed by atoms with Crippen LogP contribution in [-0.2, 0) is 13.1 Å². The van der Waals surface area contributed by atoms with E-state index in [4.69, 9.17) is 4.52 Å². The molecule has 1 fully saturated rings. The molecule has 0 bridgehead atoms. The van der Waals surface area contributed by atoms with E-state index >= 15 is 0 Å². The molecule has 2 heterocycles. The number of hydrogen-bond acceptors (Lipinski definition) is 5. The first-order valence-electron chi connectivity index (χ1n) is 9.24. The Labute approximate surface area is 178 Å². The second-order valence-corrected chi connectivity index (χ2v) is 6.65. The predicted molar refractivity (Wildman–Crippen MR) is 117 cm³/mol. The third-order valence-corrected chi connectivity index (χ3v) is 4.44. The van der Waals surface area contributed by atoms with Crippen LogP contribution < -0.4 is 5.32 Å². The lowest BCUT2D eigenvalue weighted by atomic mass is 10.1. The Hall–Kier alpha value is -1.68. The molecule has 0 radical (unpaired) electrons. The number of rotatable bonds is 5. The monoisotopic (exact) mass is 484 g/mol. The summed E-state index contributed by atoms with van der Waals surface area (Å²) < 4.78 is 5.01. The van der Waals surface area contributed by atoms with E-state index in [2.05, 4.69) is 68.4 Å². The van der Waals surface area contributed by atoms with Crippen LogP contribution in [0.2, 0.25) is 0 Å². The molecule has 0 spiro atoms. The van der Waals surface area contributed by atoms with E-state index in [9.17, 15) is 0 Å². The number of aromatic nitrogens is 2. The zero-order chi connectivity index (χ0) is 18.4. The maximum Gasteiger partial charge on any atom is 0.223 e. The van der Waals surface area contributed by atoms with E-state index in [0.29, 0.717) is 18.3 Å². The molecule has 3 rings (SSSR count). The second kappa shape index (κ2) is 10.6. The number of aryl methyl sites for hydroxylation is 2. The average molecular weight is 484 g/mol. The van der Waals surface area contributed by atoms with Crippen LogP contribution in [0, 0.1) is 13.8 Å². The zero-order valence-corrected chi connectivity index (χ0v) is 18.6. The lowest BCUT2D eigenvalue weighted by Crippen LogP contribution is -2.52. The number of benzene rings is 1. The van der Waals surface area contributed by atoms with Crippen LogP contribution in [0.1, 0.15) is 29.8 Å². The van der Waals surface area contributed by atoms with E-state index in [1.54, 1.807) is 6.92 Å². The summed E-state index contributed by atoms with van der Waals surface area (Å²) in [5.41, 5.74) is 2.70. The highest BCUT2D eigenvalue weighted by atomic mass is 127. The van der Waals surface area contributed by atoms with Crippen molar-refractivity contribution >= 4 is 29.9 Å². The predicted octanol–water partition coefficient (Wildman–Crippen LogP) is 2.59. The molecule has 1 aliphatic heterocycles. The summed E-state index contributed by atoms with van der Waals surface area (Å²) in [5.74, 6) is 2.12. The van der Waals surface area contributed by atoms with Crippen LogP contribution in [-0.4, -0.2) is 58.6 Å². The number of piperazine rings is 1. The number of nitrogens with zero attached hydrogens (tertiary/aromatic N) is 5. The highest BCUT2D eigenvalue weighted by molar-refractivity contribution is 14.0. The van der Waals surface area contributed by atoms with Gasteiger partial charge < -0.3 is 14.7 Å². The van der Waals surface area contributed by atoms with Crippen molar-refractivity contribution in [3.8, 4) is 0 Å². The molecule has 1 aromatic carbocycles. The summed E-state index contributed by atoms with van der Waals surface area (Å²) in [5, 5.41) is 7.28. The third-order valence-electron chi connectivity index (χ3n) is 4.44. The molecule has 0 unspecified atom stereocenters. The molecule has 1 aliphatic rings. The van der Waals surface area contributed by atoms with E-state index < -0.39 is 0 Å². The maximum absolute atomic E-state index is 5.01. The molecule has 27 heavy (non-hydrogen) atoms. The first kappa shape index (κ1) is 21.6. The van der Waals surface area contributed by atoms with Crippen LogP contribution in [0.3, 0.4) is 0 Å². The Balaban J connectivity index is 0.00000261. The molecule has 8 heteroatoms. The fraction of sp³-hybridized carbons (Fsp3) is 0.526. The molecule has 0 aliphatic carbocycles. The van der Waals surface area contributed by atoms with Gasteiger partial charge in [0.05, 0.1) is 0 Å². The van der Waals surface area contributed by atoms with Crippen LogP contribution in [0.4, 0.5) is 0 Å². The van der Waals surface area contributed by atoms with Gasteiger partial charge in [-0.15, -0.1) is 24.0 Å². The fourth-order valence-corrected chi connectivity index (χ4v) is 3.16. The van der Waals surface area contributed by atoms with E-state index in [-0.39, 0.29) is 24.0 Å². The summed E-state index contributed by atoms with van der Waals surface area (Å²) in [7, 11) is 0. The third kappa shape index (κ3) is 6.46. The SMILES string of the molecule is CCNC(=NCc1noc(C)n1)N1CCN(Cc2cccc(C)c2)CC1.I. The van der Waals surface area contributed by atoms with Crippen molar-refractivity contribution in [2.75, 3.05) is 32.7 Å². The molecule has 148 valence electrons. The van der Waals surface area contributed by atoms with Gasteiger partial charge in [0.2, 0.25) is 5.89 Å². The molecule has 0 atom stereocenters. The standard InChI is InChI=1S/C19H28N6O.HI/c1-4-20-19(21-13-18-22-16(3)26-23-18)25-10-8-24(9-11-25)14-17-7-5-6-15(2)12-17;/h5-7,12H,4,8-11,13-14H2,1-3H3,(H,20,21);1H. The van der Waals surface area contributed by atoms with Crippen molar-refractivity contribution < 1.29 is 4.52 Å². The molecule has 1 aromatic heterocycles. The average Bonchev–Trinajstić information content (AvgIpc) is 3.05. The smallest absolute Gasteiger partial charge is 0.223 e. The van der Waals surface area contributed by atoms with Gasteiger partial charge >= 0.3 is 0 Å². The van der Waals surface area contributed by atoms with Crippen molar-refractivity contribution in [1.29, 1.82) is 0 Å². The largest absolute Gasteiger partial charge is 0.357 e. The maximum atomic E-state index is 5.01. The minimum atomic E-state index is 0. The van der Waals surface area contributed by atoms with Crippen LogP contribution in [0.15, 0.2) is 33.8 Å². The normalized spacial score (nSPS) is 15.5. The first-order chi connectivity index (χ1) is 12.6. The lowest BCUT2D eigenvalue weighted by molar-refractivity contribution is 0.172. The summed E-state index contributed by atoms with van der Waals surface area (Å²) >= 11 is 0. The molecular formula is C19H29IN6O. The minimum absolute atomic E-state index is 0. The van der Waals surface area contributed by atoms with Crippen LogP contribution >= 0.6 is 24.0 Å². The van der Waals surface area contributed by atoms with Crippen molar-refractivity contribution in [1.82, 2.24) is 25.3 Å². The summed E-state index contributed by atoms with van der Waals surface area (Å²) in [6, 6.07) is 8.75. The molecule has 1 N–H and O–H groups in total. The highest BCUT2D eigenvalue weighted by Crippen LogP contribution is 2.11. The number of halogens is 1. The fourth-order valence-electron chi connectivity index (χ4n) is 3.16. The van der Waals surface area contributed by atoms with Gasteiger partial charge in [0, 0.05) is 46.2 Å². The Kier molecular flexibility index (Phi) is 8.49. The van der Waals surface area contributed by atoms with Crippen LogP contribution in [0.5, 0.6) is 0 Å². The molecule has 0 saturated carbocycles. The topological polar surface area (TPSA) is 69.8 Å². The van der Waals surface area contributed by atoms with Crippen molar-refractivity contribution in [2.45, 2.75) is 33.9 Å². The number of guanidine groups is 1. The van der Waals surface area contributed by atoms with Gasteiger partial charge in [-0.05, 0) is 19.4 Å². The molecular weight excluding hydrogens is 455 g/mol. The summed E-state index contributed by atoms with van der Waals surface area (Å²) in [6.45, 7) is 12.3. The summed E-state index contributed by atoms with van der Waals surface area (Å²) in [6.07, 6.45) is 0. The van der Waals surface area contributed by atoms with Gasteiger partial charge in [-0.3, -0.25) is 4.90 Å².